The van der Waals surface area contributed by atoms with E-state index in [0.717, 1.165) is 48.3 Å². The van der Waals surface area contributed by atoms with Crippen molar-refractivity contribution in [1.82, 2.24) is 15.2 Å². The lowest BCUT2D eigenvalue weighted by Gasteiger charge is -2.38. The third kappa shape index (κ3) is 3.49. The monoisotopic (exact) mass is 458 g/mol. The number of amidine groups is 1. The minimum absolute atomic E-state index is 0.238. The first-order valence-corrected chi connectivity index (χ1v) is 11.4. The molecule has 34 heavy (non-hydrogen) atoms. The van der Waals surface area contributed by atoms with Gasteiger partial charge in [-0.1, -0.05) is 29.4 Å². The van der Waals surface area contributed by atoms with E-state index in [4.69, 9.17) is 4.52 Å². The Morgan fingerprint density at radius 3 is 2.76 bits per heavy atom. The Hall–Kier alpha value is -3.85. The van der Waals surface area contributed by atoms with Crippen molar-refractivity contribution in [3.63, 3.8) is 0 Å². The molecule has 1 amide bonds. The number of amides is 1. The van der Waals surface area contributed by atoms with Crippen LogP contribution in [0.25, 0.3) is 17.0 Å². The van der Waals surface area contributed by atoms with Crippen LogP contribution < -0.4 is 4.90 Å². The van der Waals surface area contributed by atoms with E-state index in [1.54, 1.807) is 18.3 Å². The fraction of sp³-hybridized carbons (Fsp3) is 0.280. The third-order valence-corrected chi connectivity index (χ3v) is 6.45. The highest BCUT2D eigenvalue weighted by molar-refractivity contribution is 6.07. The van der Waals surface area contributed by atoms with Gasteiger partial charge in [-0.3, -0.25) is 14.8 Å². The maximum atomic E-state index is 13.4. The lowest BCUT2D eigenvalue weighted by Crippen LogP contribution is -2.49. The smallest absolute Gasteiger partial charge is 0.271 e. The molecule has 2 aromatic carbocycles. The summed E-state index contributed by atoms with van der Waals surface area (Å²) in [5.74, 6) is 0.0161. The van der Waals surface area contributed by atoms with Crippen molar-refractivity contribution in [1.29, 1.82) is 0 Å². The summed E-state index contributed by atoms with van der Waals surface area (Å²) in [7, 11) is 0. The third-order valence-electron chi connectivity index (χ3n) is 6.45. The molecule has 3 aliphatic heterocycles. The van der Waals surface area contributed by atoms with Gasteiger partial charge in [0.2, 0.25) is 0 Å². The van der Waals surface area contributed by atoms with Crippen LogP contribution in [0.5, 0.6) is 0 Å². The van der Waals surface area contributed by atoms with Gasteiger partial charge in [-0.25, -0.2) is 9.40 Å². The SMILES string of the molecule is CC1CN(c2ccc(C=CC3=NC(=O)C(c4ccc(F)cc4)N4CCCN34)c3cnoc23)C=N1. The van der Waals surface area contributed by atoms with Crippen LogP contribution in [0.2, 0.25) is 0 Å². The Morgan fingerprint density at radius 2 is 1.97 bits per heavy atom. The van der Waals surface area contributed by atoms with Gasteiger partial charge in [0.15, 0.2) is 5.58 Å². The van der Waals surface area contributed by atoms with Gasteiger partial charge in [0.1, 0.15) is 17.7 Å². The number of hydrogen-bond donors (Lipinski definition) is 0. The van der Waals surface area contributed by atoms with Gasteiger partial charge in [-0.15, -0.1) is 0 Å². The average molecular weight is 458 g/mol. The lowest BCUT2D eigenvalue weighted by molar-refractivity contribution is -0.129. The maximum absolute atomic E-state index is 13.4. The molecule has 6 rings (SSSR count). The zero-order valence-electron chi connectivity index (χ0n) is 18.6. The van der Waals surface area contributed by atoms with Crippen LogP contribution in [0.3, 0.4) is 0 Å². The van der Waals surface area contributed by atoms with E-state index in [1.807, 2.05) is 40.6 Å². The summed E-state index contributed by atoms with van der Waals surface area (Å²) in [5.41, 5.74) is 3.29. The summed E-state index contributed by atoms with van der Waals surface area (Å²) in [6, 6.07) is 9.78. The molecule has 2 unspecified atom stereocenters. The molecule has 9 heteroatoms. The molecular weight excluding hydrogens is 435 g/mol. The van der Waals surface area contributed by atoms with E-state index >= 15 is 0 Å². The second-order valence-electron chi connectivity index (χ2n) is 8.74. The summed E-state index contributed by atoms with van der Waals surface area (Å²) in [5, 5.41) is 8.95. The van der Waals surface area contributed by atoms with E-state index in [9.17, 15) is 9.18 Å². The van der Waals surface area contributed by atoms with Crippen molar-refractivity contribution < 1.29 is 13.7 Å². The van der Waals surface area contributed by atoms with Gasteiger partial charge >= 0.3 is 0 Å². The quantitative estimate of drug-likeness (QED) is 0.592. The van der Waals surface area contributed by atoms with E-state index < -0.39 is 6.04 Å². The topological polar surface area (TPSA) is 77.5 Å². The summed E-state index contributed by atoms with van der Waals surface area (Å²) >= 11 is 0. The number of nitrogens with zero attached hydrogens (tertiary/aromatic N) is 6. The van der Waals surface area contributed by atoms with Gasteiger partial charge in [0.25, 0.3) is 5.91 Å². The standard InChI is InChI=1S/C25H23FN6O2/c1-16-14-30(15-27-16)21-9-5-17(20-13-28-34-24(20)21)6-10-22-29-25(33)23(32-12-2-11-31(22)32)18-3-7-19(26)8-4-18/h3-10,13,15-16,23H,2,11-12,14H2,1H3. The molecule has 0 N–H and O–H groups in total. The lowest BCUT2D eigenvalue weighted by atomic mass is 10.0. The molecule has 3 aromatic rings. The Kier molecular flexibility index (Phi) is 4.99. The molecule has 172 valence electrons. The molecule has 0 bridgehead atoms. The Balaban J connectivity index is 1.31. The molecule has 0 aliphatic carbocycles. The molecule has 1 fully saturated rings. The fourth-order valence-corrected chi connectivity index (χ4v) is 4.82. The second kappa shape index (κ2) is 8.18. The molecule has 2 atom stereocenters. The largest absolute Gasteiger partial charge is 0.354 e. The Bertz CT molecular complexity index is 1350. The number of rotatable bonds is 4. The second-order valence-corrected chi connectivity index (χ2v) is 8.74. The van der Waals surface area contributed by atoms with Crippen LogP contribution in [-0.4, -0.2) is 58.9 Å². The molecular formula is C25H23FN6O2. The van der Waals surface area contributed by atoms with Crippen molar-refractivity contribution in [3.8, 4) is 0 Å². The van der Waals surface area contributed by atoms with E-state index in [2.05, 4.69) is 27.0 Å². The molecule has 8 nitrogen and oxygen atoms in total. The van der Waals surface area contributed by atoms with Crippen molar-refractivity contribution in [2.24, 2.45) is 9.98 Å². The first-order valence-electron chi connectivity index (χ1n) is 11.4. The number of benzene rings is 2. The van der Waals surface area contributed by atoms with Crippen LogP contribution in [0.15, 0.2) is 63.2 Å². The van der Waals surface area contributed by atoms with Gasteiger partial charge in [0.05, 0.1) is 29.7 Å². The summed E-state index contributed by atoms with van der Waals surface area (Å²) in [6.07, 6.45) is 8.25. The first-order chi connectivity index (χ1) is 16.6. The van der Waals surface area contributed by atoms with Gasteiger partial charge in [-0.05, 0) is 48.7 Å². The maximum Gasteiger partial charge on any atom is 0.271 e. The fourth-order valence-electron chi connectivity index (χ4n) is 4.82. The molecule has 0 spiro atoms. The Morgan fingerprint density at radius 1 is 1.12 bits per heavy atom. The number of hydrazine groups is 1. The summed E-state index contributed by atoms with van der Waals surface area (Å²) in [6.45, 7) is 4.37. The van der Waals surface area contributed by atoms with Crippen LogP contribution in [0.4, 0.5) is 10.1 Å². The highest BCUT2D eigenvalue weighted by Crippen LogP contribution is 2.33. The molecule has 4 heterocycles. The predicted octanol–water partition coefficient (Wildman–Crippen LogP) is 3.82. The number of anilines is 1. The van der Waals surface area contributed by atoms with Gasteiger partial charge in [-0.2, -0.15) is 4.99 Å². The van der Waals surface area contributed by atoms with Crippen LogP contribution in [-0.2, 0) is 4.79 Å². The number of fused-ring (bicyclic) bond motifs is 2. The average Bonchev–Trinajstić information content (AvgIpc) is 3.59. The molecule has 3 aliphatic rings. The van der Waals surface area contributed by atoms with Crippen molar-refractivity contribution in [3.05, 3.63) is 65.6 Å². The number of halogens is 1. The number of aliphatic imine (C=N–C) groups is 2. The highest BCUT2D eigenvalue weighted by Gasteiger charge is 2.39. The minimum Gasteiger partial charge on any atom is -0.354 e. The number of carbonyl (C=O) groups is 1. The van der Waals surface area contributed by atoms with Crippen LogP contribution in [0.1, 0.15) is 30.5 Å². The molecule has 0 saturated carbocycles. The van der Waals surface area contributed by atoms with E-state index in [1.165, 1.54) is 12.1 Å². The van der Waals surface area contributed by atoms with Crippen molar-refractivity contribution in [2.45, 2.75) is 25.4 Å². The Labute approximate surface area is 195 Å². The van der Waals surface area contributed by atoms with Gasteiger partial charge in [0, 0.05) is 19.6 Å². The van der Waals surface area contributed by atoms with E-state index in [-0.39, 0.29) is 17.8 Å². The van der Waals surface area contributed by atoms with Gasteiger partial charge < -0.3 is 9.42 Å². The summed E-state index contributed by atoms with van der Waals surface area (Å²) < 4.78 is 19.0. The van der Waals surface area contributed by atoms with Crippen molar-refractivity contribution >= 4 is 40.8 Å². The molecule has 1 aromatic heterocycles. The van der Waals surface area contributed by atoms with Crippen LogP contribution >= 0.6 is 0 Å². The first kappa shape index (κ1) is 20.7. The normalized spacial score (nSPS) is 22.9. The van der Waals surface area contributed by atoms with E-state index in [0.29, 0.717) is 11.4 Å². The number of carbonyl (C=O) groups excluding carboxylic acids is 1. The zero-order valence-corrected chi connectivity index (χ0v) is 18.6. The summed E-state index contributed by atoms with van der Waals surface area (Å²) in [4.78, 5) is 23.9. The molecule has 0 radical (unpaired) electrons. The minimum atomic E-state index is -0.533. The number of aromatic nitrogens is 1. The number of hydrogen-bond acceptors (Lipinski definition) is 7. The highest BCUT2D eigenvalue weighted by atomic mass is 19.1. The zero-order chi connectivity index (χ0) is 23.2. The van der Waals surface area contributed by atoms with Crippen LogP contribution in [0, 0.1) is 5.82 Å². The predicted molar refractivity (Wildman–Crippen MR) is 128 cm³/mol. The molecule has 1 saturated heterocycles. The van der Waals surface area contributed by atoms with Crippen molar-refractivity contribution in [2.75, 3.05) is 24.5 Å².